The van der Waals surface area contributed by atoms with Gasteiger partial charge in [-0.2, -0.15) is 5.10 Å². The van der Waals surface area contributed by atoms with Crippen LogP contribution in [-0.2, 0) is 0 Å². The van der Waals surface area contributed by atoms with Gasteiger partial charge >= 0.3 is 5.97 Å². The Morgan fingerprint density at radius 2 is 1.68 bits per heavy atom. The van der Waals surface area contributed by atoms with Crippen LogP contribution >= 0.6 is 0 Å². The SMILES string of the molecule is Cc1cccc(C(=O)Oc2ccc(/C=N\NC(=O)c3ccccc3C)cc2)c1. The third-order valence-electron chi connectivity index (χ3n) is 4.11. The number of hydrogen-bond donors (Lipinski definition) is 1. The molecule has 0 unspecified atom stereocenters. The highest BCUT2D eigenvalue weighted by atomic mass is 16.5. The van der Waals surface area contributed by atoms with E-state index in [1.54, 1.807) is 42.5 Å². The van der Waals surface area contributed by atoms with Crippen molar-refractivity contribution in [2.45, 2.75) is 13.8 Å². The molecule has 5 nitrogen and oxygen atoms in total. The summed E-state index contributed by atoms with van der Waals surface area (Å²) in [6.45, 7) is 3.79. The number of benzene rings is 3. The van der Waals surface area contributed by atoms with E-state index in [9.17, 15) is 9.59 Å². The number of aryl methyl sites for hydroxylation is 2. The van der Waals surface area contributed by atoms with Gasteiger partial charge in [0.25, 0.3) is 5.91 Å². The number of esters is 1. The Kier molecular flexibility index (Phi) is 5.97. The fourth-order valence-electron chi connectivity index (χ4n) is 2.61. The highest BCUT2D eigenvalue weighted by Crippen LogP contribution is 2.14. The summed E-state index contributed by atoms with van der Waals surface area (Å²) in [5.74, 6) is -0.235. The topological polar surface area (TPSA) is 67.8 Å². The van der Waals surface area contributed by atoms with Crippen LogP contribution in [0.3, 0.4) is 0 Å². The Hall–Kier alpha value is -3.73. The van der Waals surface area contributed by atoms with E-state index in [0.29, 0.717) is 16.9 Å². The summed E-state index contributed by atoms with van der Waals surface area (Å²) in [7, 11) is 0. The molecule has 0 bridgehead atoms. The fourth-order valence-corrected chi connectivity index (χ4v) is 2.61. The molecular formula is C23H20N2O3. The second-order valence-corrected chi connectivity index (χ2v) is 6.34. The standard InChI is InChI=1S/C23H20N2O3/c1-16-6-5-8-19(14-16)23(27)28-20-12-10-18(11-13-20)15-24-25-22(26)21-9-4-3-7-17(21)2/h3-15H,1-2H3,(H,25,26)/b24-15-. The minimum atomic E-state index is -0.407. The summed E-state index contributed by atoms with van der Waals surface area (Å²) < 4.78 is 5.37. The van der Waals surface area contributed by atoms with E-state index in [1.165, 1.54) is 6.21 Å². The molecule has 0 aromatic heterocycles. The lowest BCUT2D eigenvalue weighted by atomic mass is 10.1. The summed E-state index contributed by atoms with van der Waals surface area (Å²) in [4.78, 5) is 24.3. The smallest absolute Gasteiger partial charge is 0.343 e. The first-order chi connectivity index (χ1) is 13.5. The van der Waals surface area contributed by atoms with Crippen molar-refractivity contribution in [2.75, 3.05) is 0 Å². The van der Waals surface area contributed by atoms with Crippen molar-refractivity contribution in [1.29, 1.82) is 0 Å². The highest BCUT2D eigenvalue weighted by molar-refractivity contribution is 5.96. The summed E-state index contributed by atoms with van der Waals surface area (Å²) in [6, 6.07) is 21.4. The van der Waals surface area contributed by atoms with Gasteiger partial charge in [0.1, 0.15) is 5.75 Å². The summed E-state index contributed by atoms with van der Waals surface area (Å²) in [5, 5.41) is 3.97. The summed E-state index contributed by atoms with van der Waals surface area (Å²) in [6.07, 6.45) is 1.53. The summed E-state index contributed by atoms with van der Waals surface area (Å²) >= 11 is 0. The largest absolute Gasteiger partial charge is 0.423 e. The van der Waals surface area contributed by atoms with Crippen LogP contribution in [0.5, 0.6) is 5.75 Å². The molecule has 0 heterocycles. The Morgan fingerprint density at radius 3 is 2.39 bits per heavy atom. The molecule has 3 aromatic carbocycles. The number of hydrogen-bond acceptors (Lipinski definition) is 4. The molecule has 5 heteroatoms. The fraction of sp³-hybridized carbons (Fsp3) is 0.0870. The van der Waals surface area contributed by atoms with E-state index in [1.807, 2.05) is 44.2 Å². The van der Waals surface area contributed by atoms with Gasteiger partial charge in [0, 0.05) is 5.56 Å². The number of carbonyl (C=O) groups excluding carboxylic acids is 2. The van der Waals surface area contributed by atoms with Gasteiger partial charge in [0.2, 0.25) is 0 Å². The minimum Gasteiger partial charge on any atom is -0.423 e. The normalized spacial score (nSPS) is 10.6. The van der Waals surface area contributed by atoms with Crippen molar-refractivity contribution in [3.63, 3.8) is 0 Å². The zero-order valence-corrected chi connectivity index (χ0v) is 15.7. The Morgan fingerprint density at radius 1 is 0.929 bits per heavy atom. The number of rotatable bonds is 5. The van der Waals surface area contributed by atoms with Gasteiger partial charge in [0.15, 0.2) is 0 Å². The lowest BCUT2D eigenvalue weighted by Crippen LogP contribution is -2.18. The Bertz CT molecular complexity index is 1020. The molecule has 0 aliphatic carbocycles. The molecular weight excluding hydrogens is 352 g/mol. The third-order valence-corrected chi connectivity index (χ3v) is 4.11. The van der Waals surface area contributed by atoms with E-state index < -0.39 is 5.97 Å². The van der Waals surface area contributed by atoms with Crippen molar-refractivity contribution in [1.82, 2.24) is 5.43 Å². The Labute approximate surface area is 163 Å². The summed E-state index contributed by atoms with van der Waals surface area (Å²) in [5.41, 5.74) is 6.24. The van der Waals surface area contributed by atoms with E-state index in [4.69, 9.17) is 4.74 Å². The highest BCUT2D eigenvalue weighted by Gasteiger charge is 2.09. The molecule has 0 fully saturated rings. The predicted octanol–water partition coefficient (Wildman–Crippen LogP) is 4.29. The number of hydrazone groups is 1. The molecule has 0 radical (unpaired) electrons. The molecule has 3 aromatic rings. The van der Waals surface area contributed by atoms with Gasteiger partial charge in [-0.3, -0.25) is 4.79 Å². The van der Waals surface area contributed by atoms with Crippen LogP contribution in [0, 0.1) is 13.8 Å². The van der Waals surface area contributed by atoms with E-state index in [-0.39, 0.29) is 5.91 Å². The van der Waals surface area contributed by atoms with E-state index in [0.717, 1.165) is 16.7 Å². The number of carbonyl (C=O) groups is 2. The molecule has 0 atom stereocenters. The van der Waals surface area contributed by atoms with Crippen molar-refractivity contribution in [2.24, 2.45) is 5.10 Å². The van der Waals surface area contributed by atoms with E-state index in [2.05, 4.69) is 10.5 Å². The van der Waals surface area contributed by atoms with Gasteiger partial charge in [0.05, 0.1) is 11.8 Å². The molecule has 1 N–H and O–H groups in total. The zero-order valence-electron chi connectivity index (χ0n) is 15.7. The van der Waals surface area contributed by atoms with Crippen LogP contribution in [0.25, 0.3) is 0 Å². The van der Waals surface area contributed by atoms with Gasteiger partial charge in [-0.05, 0) is 67.4 Å². The lowest BCUT2D eigenvalue weighted by molar-refractivity contribution is 0.0734. The average molecular weight is 372 g/mol. The number of nitrogens with zero attached hydrogens (tertiary/aromatic N) is 1. The van der Waals surface area contributed by atoms with Crippen LogP contribution in [-0.4, -0.2) is 18.1 Å². The maximum absolute atomic E-state index is 12.2. The van der Waals surface area contributed by atoms with Gasteiger partial charge in [-0.15, -0.1) is 0 Å². The van der Waals surface area contributed by atoms with Crippen LogP contribution in [0.1, 0.15) is 37.4 Å². The zero-order chi connectivity index (χ0) is 19.9. The molecule has 1 amide bonds. The first-order valence-electron chi connectivity index (χ1n) is 8.81. The third kappa shape index (κ3) is 4.92. The monoisotopic (exact) mass is 372 g/mol. The van der Waals surface area contributed by atoms with E-state index >= 15 is 0 Å². The molecule has 28 heavy (non-hydrogen) atoms. The van der Waals surface area contributed by atoms with Crippen LogP contribution < -0.4 is 10.2 Å². The molecule has 0 saturated carbocycles. The second-order valence-electron chi connectivity index (χ2n) is 6.34. The predicted molar refractivity (Wildman–Crippen MR) is 109 cm³/mol. The first kappa shape index (κ1) is 19.0. The van der Waals surface area contributed by atoms with Gasteiger partial charge in [-0.1, -0.05) is 35.9 Å². The Balaban J connectivity index is 1.58. The molecule has 140 valence electrons. The van der Waals surface area contributed by atoms with Gasteiger partial charge < -0.3 is 4.74 Å². The van der Waals surface area contributed by atoms with Crippen LogP contribution in [0.4, 0.5) is 0 Å². The van der Waals surface area contributed by atoms with Crippen LogP contribution in [0.2, 0.25) is 0 Å². The molecule has 0 spiro atoms. The van der Waals surface area contributed by atoms with Crippen molar-refractivity contribution < 1.29 is 14.3 Å². The number of nitrogens with one attached hydrogen (secondary N) is 1. The lowest BCUT2D eigenvalue weighted by Gasteiger charge is -2.05. The molecule has 0 aliphatic heterocycles. The van der Waals surface area contributed by atoms with Crippen molar-refractivity contribution >= 4 is 18.1 Å². The van der Waals surface area contributed by atoms with Crippen molar-refractivity contribution in [3.8, 4) is 5.75 Å². The maximum atomic E-state index is 12.2. The van der Waals surface area contributed by atoms with Gasteiger partial charge in [-0.25, -0.2) is 10.2 Å². The van der Waals surface area contributed by atoms with Crippen LogP contribution in [0.15, 0.2) is 77.9 Å². The second kappa shape index (κ2) is 8.77. The quantitative estimate of drug-likeness (QED) is 0.314. The average Bonchev–Trinajstić information content (AvgIpc) is 2.69. The molecule has 0 saturated heterocycles. The minimum absolute atomic E-state index is 0.266. The number of ether oxygens (including phenoxy) is 1. The number of amides is 1. The molecule has 3 rings (SSSR count). The van der Waals surface area contributed by atoms with Crippen molar-refractivity contribution in [3.05, 3.63) is 101 Å². The molecule has 0 aliphatic rings. The maximum Gasteiger partial charge on any atom is 0.343 e. The first-order valence-corrected chi connectivity index (χ1v) is 8.81.